The van der Waals surface area contributed by atoms with Crippen molar-refractivity contribution in [3.8, 4) is 0 Å². The second kappa shape index (κ2) is 8.17. The fourth-order valence-electron chi connectivity index (χ4n) is 3.46. The number of Topliss-reactive ketones (excluding diaryl/α,β-unsaturated/α-hetero) is 1. The number of carbonyl (C=O) groups excluding carboxylic acids is 2. The smallest absolute Gasteiger partial charge is 0.338 e. The van der Waals surface area contributed by atoms with E-state index >= 15 is 0 Å². The van der Waals surface area contributed by atoms with Gasteiger partial charge in [0.1, 0.15) is 19.3 Å². The van der Waals surface area contributed by atoms with Gasteiger partial charge in [-0.2, -0.15) is 5.10 Å². The normalized spacial score (nSPS) is 10.7. The molecule has 1 heterocycles. The van der Waals surface area contributed by atoms with Crippen LogP contribution in [0.5, 0.6) is 0 Å². The number of hydrogen-bond donors (Lipinski definition) is 0. The average Bonchev–Trinajstić information content (AvgIpc) is 3.14. The van der Waals surface area contributed by atoms with E-state index in [1.54, 1.807) is 30.1 Å². The van der Waals surface area contributed by atoms with Gasteiger partial charge in [-0.05, 0) is 67.6 Å². The van der Waals surface area contributed by atoms with Gasteiger partial charge in [0.05, 0.1) is 12.1 Å². The van der Waals surface area contributed by atoms with E-state index in [4.69, 9.17) is 4.74 Å². The molecule has 0 radical (unpaired) electrons. The monoisotopic (exact) mass is 377 g/mol. The van der Waals surface area contributed by atoms with Crippen molar-refractivity contribution in [3.05, 3.63) is 81.9 Å². The van der Waals surface area contributed by atoms with Crippen LogP contribution >= 0.6 is 0 Å². The molecule has 0 unspecified atom stereocenters. The number of ketones is 1. The van der Waals surface area contributed by atoms with Gasteiger partial charge >= 0.3 is 5.97 Å². The Morgan fingerprint density at radius 3 is 2.39 bits per heavy atom. The molecule has 1 aromatic heterocycles. The van der Waals surface area contributed by atoms with E-state index in [-0.39, 0.29) is 12.4 Å². The lowest BCUT2D eigenvalue weighted by molar-refractivity contribution is 0.0471. The molecular formula is C22H23N3O3. The molecule has 0 saturated heterocycles. The van der Waals surface area contributed by atoms with Crippen molar-refractivity contribution in [1.29, 1.82) is 0 Å². The zero-order valence-electron chi connectivity index (χ0n) is 16.5. The second-order valence-corrected chi connectivity index (χ2v) is 6.91. The number of benzene rings is 2. The molecule has 6 heteroatoms. The van der Waals surface area contributed by atoms with Crippen LogP contribution in [-0.4, -0.2) is 26.5 Å². The molecule has 3 rings (SSSR count). The molecule has 0 saturated carbocycles. The van der Waals surface area contributed by atoms with Crippen molar-refractivity contribution in [2.24, 2.45) is 0 Å². The van der Waals surface area contributed by atoms with E-state index in [2.05, 4.69) is 10.1 Å². The van der Waals surface area contributed by atoms with Crippen molar-refractivity contribution in [3.63, 3.8) is 0 Å². The molecular weight excluding hydrogens is 354 g/mol. The van der Waals surface area contributed by atoms with Crippen molar-refractivity contribution >= 4 is 11.8 Å². The summed E-state index contributed by atoms with van der Waals surface area (Å²) in [5.41, 5.74) is 5.91. The Balaban J connectivity index is 1.70. The predicted molar refractivity (Wildman–Crippen MR) is 105 cm³/mol. The van der Waals surface area contributed by atoms with Crippen LogP contribution in [0.25, 0.3) is 0 Å². The van der Waals surface area contributed by atoms with Crippen molar-refractivity contribution in [2.45, 2.75) is 40.8 Å². The van der Waals surface area contributed by atoms with Gasteiger partial charge in [-0.25, -0.2) is 14.5 Å². The molecule has 0 fully saturated rings. The van der Waals surface area contributed by atoms with E-state index in [1.807, 2.05) is 39.0 Å². The van der Waals surface area contributed by atoms with Crippen LogP contribution in [0.15, 0.2) is 43.0 Å². The third-order valence-corrected chi connectivity index (χ3v) is 4.83. The Hall–Kier alpha value is -3.28. The zero-order chi connectivity index (χ0) is 20.3. The average molecular weight is 377 g/mol. The molecule has 0 bridgehead atoms. The second-order valence-electron chi connectivity index (χ2n) is 6.91. The van der Waals surface area contributed by atoms with Crippen molar-refractivity contribution in [2.75, 3.05) is 0 Å². The van der Waals surface area contributed by atoms with Crippen LogP contribution < -0.4 is 0 Å². The van der Waals surface area contributed by atoms with Crippen molar-refractivity contribution < 1.29 is 14.3 Å². The SMILES string of the molecule is CC(=O)c1c(C)cc(C)c(COC(=O)c2ccc(Cn3cncn3)cc2)c1C. The highest BCUT2D eigenvalue weighted by atomic mass is 16.5. The highest BCUT2D eigenvalue weighted by Gasteiger charge is 2.16. The van der Waals surface area contributed by atoms with E-state index in [0.717, 1.165) is 27.8 Å². The summed E-state index contributed by atoms with van der Waals surface area (Å²) < 4.78 is 7.23. The molecule has 0 amide bonds. The summed E-state index contributed by atoms with van der Waals surface area (Å²) in [6.45, 7) is 8.07. The standard InChI is InChI=1S/C22H23N3O3/c1-14-9-15(2)21(17(4)26)16(3)20(14)11-28-22(27)19-7-5-18(6-8-19)10-25-13-23-12-24-25/h5-9,12-13H,10-11H2,1-4H3. The van der Waals surface area contributed by atoms with Crippen molar-refractivity contribution in [1.82, 2.24) is 14.8 Å². The van der Waals surface area contributed by atoms with Crippen LogP contribution in [0.1, 0.15) is 55.5 Å². The van der Waals surface area contributed by atoms with Crippen LogP contribution in [0.3, 0.4) is 0 Å². The van der Waals surface area contributed by atoms with E-state index < -0.39 is 5.97 Å². The van der Waals surface area contributed by atoms with Gasteiger partial charge in [0, 0.05) is 5.56 Å². The molecule has 0 aliphatic carbocycles. The minimum absolute atomic E-state index is 0.0190. The zero-order valence-corrected chi connectivity index (χ0v) is 16.5. The highest BCUT2D eigenvalue weighted by molar-refractivity contribution is 5.97. The fourth-order valence-corrected chi connectivity index (χ4v) is 3.46. The lowest BCUT2D eigenvalue weighted by Crippen LogP contribution is -2.10. The number of nitrogens with zero attached hydrogens (tertiary/aromatic N) is 3. The number of carbonyl (C=O) groups is 2. The molecule has 144 valence electrons. The van der Waals surface area contributed by atoms with E-state index in [1.165, 1.54) is 6.33 Å². The third kappa shape index (κ3) is 4.17. The van der Waals surface area contributed by atoms with Gasteiger partial charge in [0.2, 0.25) is 0 Å². The quantitative estimate of drug-likeness (QED) is 0.482. The molecule has 2 aromatic carbocycles. The minimum Gasteiger partial charge on any atom is -0.457 e. The van der Waals surface area contributed by atoms with Crippen LogP contribution in [0.4, 0.5) is 0 Å². The first kappa shape index (κ1) is 19.5. The number of hydrogen-bond acceptors (Lipinski definition) is 5. The molecule has 0 aliphatic heterocycles. The maximum Gasteiger partial charge on any atom is 0.338 e. The number of aromatic nitrogens is 3. The van der Waals surface area contributed by atoms with Gasteiger partial charge in [-0.15, -0.1) is 0 Å². The Morgan fingerprint density at radius 2 is 1.79 bits per heavy atom. The molecule has 28 heavy (non-hydrogen) atoms. The first-order chi connectivity index (χ1) is 13.4. The summed E-state index contributed by atoms with van der Waals surface area (Å²) in [7, 11) is 0. The van der Waals surface area contributed by atoms with Crippen LogP contribution in [0.2, 0.25) is 0 Å². The molecule has 3 aromatic rings. The number of ether oxygens (including phenoxy) is 1. The van der Waals surface area contributed by atoms with Gasteiger partial charge in [0.15, 0.2) is 5.78 Å². The lowest BCUT2D eigenvalue weighted by atomic mass is 9.92. The summed E-state index contributed by atoms with van der Waals surface area (Å²) >= 11 is 0. The largest absolute Gasteiger partial charge is 0.457 e. The number of rotatable bonds is 6. The van der Waals surface area contributed by atoms with Crippen LogP contribution in [0, 0.1) is 20.8 Å². The first-order valence-electron chi connectivity index (χ1n) is 9.06. The Kier molecular flexibility index (Phi) is 5.68. The number of esters is 1. The molecule has 0 aliphatic rings. The summed E-state index contributed by atoms with van der Waals surface area (Å²) in [5.74, 6) is -0.374. The molecule has 0 spiro atoms. The molecule has 0 atom stereocenters. The van der Waals surface area contributed by atoms with E-state index in [0.29, 0.717) is 17.7 Å². The summed E-state index contributed by atoms with van der Waals surface area (Å²) in [4.78, 5) is 28.3. The molecule has 6 nitrogen and oxygen atoms in total. The Labute approximate surface area is 164 Å². The number of aryl methyl sites for hydroxylation is 2. The van der Waals surface area contributed by atoms with Gasteiger partial charge in [-0.1, -0.05) is 18.2 Å². The van der Waals surface area contributed by atoms with Crippen LogP contribution in [-0.2, 0) is 17.9 Å². The summed E-state index contributed by atoms with van der Waals surface area (Å²) in [5, 5.41) is 4.06. The highest BCUT2D eigenvalue weighted by Crippen LogP contribution is 2.24. The molecule has 0 N–H and O–H groups in total. The van der Waals surface area contributed by atoms with Gasteiger partial charge in [-0.3, -0.25) is 4.79 Å². The van der Waals surface area contributed by atoms with E-state index in [9.17, 15) is 9.59 Å². The van der Waals surface area contributed by atoms with Gasteiger partial charge in [0.25, 0.3) is 0 Å². The summed E-state index contributed by atoms with van der Waals surface area (Å²) in [6.07, 6.45) is 3.13. The topological polar surface area (TPSA) is 74.1 Å². The minimum atomic E-state index is -0.393. The first-order valence-corrected chi connectivity index (χ1v) is 9.06. The fraction of sp³-hybridized carbons (Fsp3) is 0.273. The Bertz CT molecular complexity index is 1010. The van der Waals surface area contributed by atoms with Gasteiger partial charge < -0.3 is 4.74 Å². The Morgan fingerprint density at radius 1 is 1.07 bits per heavy atom. The summed E-state index contributed by atoms with van der Waals surface area (Å²) in [6, 6.07) is 9.18. The third-order valence-electron chi connectivity index (χ3n) is 4.83. The predicted octanol–water partition coefficient (Wildman–Crippen LogP) is 3.81. The lowest BCUT2D eigenvalue weighted by Gasteiger charge is -2.16. The maximum atomic E-state index is 12.4. The maximum absolute atomic E-state index is 12.4.